The minimum atomic E-state index is -4.46. The predicted molar refractivity (Wildman–Crippen MR) is 144 cm³/mol. The van der Waals surface area contributed by atoms with Crippen LogP contribution in [-0.4, -0.2) is 32.7 Å². The second-order valence-electron chi connectivity index (χ2n) is 10.0. The third-order valence-electron chi connectivity index (χ3n) is 6.57. The van der Waals surface area contributed by atoms with E-state index in [1.54, 1.807) is 11.0 Å². The first-order valence-corrected chi connectivity index (χ1v) is 13.8. The molecule has 1 N–H and O–H groups in total. The Morgan fingerprint density at radius 1 is 0.897 bits per heavy atom. The van der Waals surface area contributed by atoms with E-state index in [9.17, 15) is 23.1 Å². The molecule has 1 aromatic heterocycles. The van der Waals surface area contributed by atoms with Crippen molar-refractivity contribution in [3.8, 4) is 11.5 Å². The van der Waals surface area contributed by atoms with Crippen molar-refractivity contribution < 1.29 is 27.6 Å². The fraction of sp³-hybridized carbons (Fsp3) is 0.500. The molecular weight excluding hydrogens is 507 g/mol. The van der Waals surface area contributed by atoms with Crippen LogP contribution in [-0.2, 0) is 30.5 Å². The van der Waals surface area contributed by atoms with E-state index in [1.807, 2.05) is 24.3 Å². The van der Waals surface area contributed by atoms with Gasteiger partial charge in [-0.25, -0.2) is 0 Å². The van der Waals surface area contributed by atoms with Gasteiger partial charge in [-0.1, -0.05) is 93.8 Å². The summed E-state index contributed by atoms with van der Waals surface area (Å²) < 4.78 is 44.8. The van der Waals surface area contributed by atoms with Crippen molar-refractivity contribution in [1.29, 1.82) is 0 Å². The van der Waals surface area contributed by atoms with Gasteiger partial charge in [0.15, 0.2) is 5.82 Å². The highest BCUT2D eigenvalue weighted by Crippen LogP contribution is 2.30. The number of benzene rings is 2. The minimum absolute atomic E-state index is 0.0594. The first kappa shape index (κ1) is 30.3. The second kappa shape index (κ2) is 15.4. The van der Waals surface area contributed by atoms with Crippen molar-refractivity contribution in [2.75, 3.05) is 6.54 Å². The van der Waals surface area contributed by atoms with Crippen LogP contribution in [0.2, 0.25) is 0 Å². The maximum Gasteiger partial charge on any atom is 0.416 e. The smallest absolute Gasteiger partial charge is 0.416 e. The number of carboxylic acid groups (broad SMARTS) is 1. The largest absolute Gasteiger partial charge is 0.480 e. The summed E-state index contributed by atoms with van der Waals surface area (Å²) in [5.41, 5.74) is 1.14. The molecule has 0 aliphatic carbocycles. The third-order valence-corrected chi connectivity index (χ3v) is 6.57. The maximum absolute atomic E-state index is 13.1. The number of aromatic nitrogens is 2. The number of hydrogen-bond donors (Lipinski definition) is 1. The molecule has 212 valence electrons. The van der Waals surface area contributed by atoms with Gasteiger partial charge in [0, 0.05) is 25.1 Å². The Labute approximate surface area is 228 Å². The minimum Gasteiger partial charge on any atom is -0.480 e. The number of carbonyl (C=O) groups is 1. The quantitative estimate of drug-likeness (QED) is 0.174. The van der Waals surface area contributed by atoms with Crippen LogP contribution in [0.25, 0.3) is 11.5 Å². The number of unbranched alkanes of at least 4 members (excludes halogenated alkanes) is 8. The highest BCUT2D eigenvalue weighted by Gasteiger charge is 2.30. The van der Waals surface area contributed by atoms with E-state index < -0.39 is 17.7 Å². The summed E-state index contributed by atoms with van der Waals surface area (Å²) in [6.45, 7) is 2.20. The SMILES string of the molecule is CCCCCCCCCCCc1noc(-c2cccc(CN(CC(=O)O)Cc3cccc(C(F)(F)F)c3)c2)n1. The molecule has 0 saturated heterocycles. The Balaban J connectivity index is 1.55. The number of alkyl halides is 3. The van der Waals surface area contributed by atoms with E-state index >= 15 is 0 Å². The van der Waals surface area contributed by atoms with E-state index in [-0.39, 0.29) is 19.6 Å². The van der Waals surface area contributed by atoms with Crippen LogP contribution in [0.5, 0.6) is 0 Å². The van der Waals surface area contributed by atoms with Gasteiger partial charge in [0.25, 0.3) is 5.89 Å². The topological polar surface area (TPSA) is 79.5 Å². The first-order valence-electron chi connectivity index (χ1n) is 13.8. The number of rotatable bonds is 17. The van der Waals surface area contributed by atoms with Crippen molar-refractivity contribution in [2.24, 2.45) is 0 Å². The summed E-state index contributed by atoms with van der Waals surface area (Å²) in [5.74, 6) is -0.00278. The van der Waals surface area contributed by atoms with Crippen molar-refractivity contribution >= 4 is 5.97 Å². The summed E-state index contributed by atoms with van der Waals surface area (Å²) >= 11 is 0. The summed E-state index contributed by atoms with van der Waals surface area (Å²) in [6, 6.07) is 12.3. The molecule has 0 spiro atoms. The Kier molecular flexibility index (Phi) is 12.0. The molecular formula is C30H38F3N3O3. The molecule has 9 heteroatoms. The molecule has 0 aliphatic heterocycles. The normalized spacial score (nSPS) is 11.8. The molecule has 0 saturated carbocycles. The van der Waals surface area contributed by atoms with Crippen molar-refractivity contribution in [1.82, 2.24) is 15.0 Å². The van der Waals surface area contributed by atoms with Gasteiger partial charge in [-0.05, 0) is 35.7 Å². The highest BCUT2D eigenvalue weighted by atomic mass is 19.4. The molecule has 0 radical (unpaired) electrons. The maximum atomic E-state index is 13.1. The standard InChI is InChI=1S/C30H38F3N3O3/c1-2-3-4-5-6-7-8-9-10-17-27-34-29(39-35-27)25-15-11-13-23(18-25)20-36(22-28(37)38)21-24-14-12-16-26(19-24)30(31,32)33/h11-16,18-19H,2-10,17,20-22H2,1H3,(H,37,38). The second-order valence-corrected chi connectivity index (χ2v) is 10.0. The third kappa shape index (κ3) is 10.8. The zero-order chi connectivity index (χ0) is 28.1. The monoisotopic (exact) mass is 545 g/mol. The van der Waals surface area contributed by atoms with E-state index in [0.717, 1.165) is 37.0 Å². The predicted octanol–water partition coefficient (Wildman–Crippen LogP) is 7.92. The number of nitrogens with zero attached hydrogens (tertiary/aromatic N) is 3. The average Bonchev–Trinajstić information content (AvgIpc) is 3.36. The molecule has 1 heterocycles. The Morgan fingerprint density at radius 3 is 2.15 bits per heavy atom. The molecule has 6 nitrogen and oxygen atoms in total. The van der Waals surface area contributed by atoms with Gasteiger partial charge in [-0.2, -0.15) is 18.2 Å². The van der Waals surface area contributed by atoms with Crippen LogP contribution < -0.4 is 0 Å². The zero-order valence-corrected chi connectivity index (χ0v) is 22.6. The van der Waals surface area contributed by atoms with Crippen molar-refractivity contribution in [2.45, 2.75) is 90.4 Å². The van der Waals surface area contributed by atoms with E-state index in [1.165, 1.54) is 51.0 Å². The number of carboxylic acids is 1. The van der Waals surface area contributed by atoms with Gasteiger partial charge < -0.3 is 9.63 Å². The van der Waals surface area contributed by atoms with Gasteiger partial charge in [0.1, 0.15) is 0 Å². The van der Waals surface area contributed by atoms with Crippen LogP contribution in [0.3, 0.4) is 0 Å². The van der Waals surface area contributed by atoms with Crippen LogP contribution in [0.1, 0.15) is 87.2 Å². The molecule has 0 fully saturated rings. The Hall–Kier alpha value is -3.20. The lowest BCUT2D eigenvalue weighted by molar-refractivity contribution is -0.139. The molecule has 3 aromatic rings. The van der Waals surface area contributed by atoms with Crippen LogP contribution in [0.4, 0.5) is 13.2 Å². The van der Waals surface area contributed by atoms with Gasteiger partial charge in [-0.3, -0.25) is 9.69 Å². The lowest BCUT2D eigenvalue weighted by Gasteiger charge is -2.21. The van der Waals surface area contributed by atoms with Gasteiger partial charge in [-0.15, -0.1) is 0 Å². The molecule has 0 aliphatic rings. The molecule has 0 bridgehead atoms. The van der Waals surface area contributed by atoms with Gasteiger partial charge in [0.2, 0.25) is 0 Å². The fourth-order valence-corrected chi connectivity index (χ4v) is 4.59. The van der Waals surface area contributed by atoms with E-state index in [0.29, 0.717) is 22.8 Å². The lowest BCUT2D eigenvalue weighted by Crippen LogP contribution is -2.29. The average molecular weight is 546 g/mol. The molecule has 0 atom stereocenters. The van der Waals surface area contributed by atoms with Crippen molar-refractivity contribution in [3.63, 3.8) is 0 Å². The summed E-state index contributed by atoms with van der Waals surface area (Å²) in [7, 11) is 0. The fourth-order valence-electron chi connectivity index (χ4n) is 4.59. The molecule has 2 aromatic carbocycles. The van der Waals surface area contributed by atoms with Gasteiger partial charge >= 0.3 is 12.1 Å². The van der Waals surface area contributed by atoms with E-state index in [4.69, 9.17) is 4.52 Å². The van der Waals surface area contributed by atoms with Crippen LogP contribution in [0.15, 0.2) is 53.1 Å². The molecule has 39 heavy (non-hydrogen) atoms. The summed E-state index contributed by atoms with van der Waals surface area (Å²) in [6.07, 6.45) is 7.46. The number of halogens is 3. The van der Waals surface area contributed by atoms with Crippen LogP contribution in [0, 0.1) is 0 Å². The molecule has 0 amide bonds. The number of aliphatic carboxylic acids is 1. The van der Waals surface area contributed by atoms with E-state index in [2.05, 4.69) is 17.1 Å². The highest BCUT2D eigenvalue weighted by molar-refractivity contribution is 5.69. The van der Waals surface area contributed by atoms with Crippen molar-refractivity contribution in [3.05, 3.63) is 71.0 Å². The number of hydrogen-bond acceptors (Lipinski definition) is 5. The summed E-state index contributed by atoms with van der Waals surface area (Å²) in [4.78, 5) is 17.6. The van der Waals surface area contributed by atoms with Gasteiger partial charge in [0.05, 0.1) is 12.1 Å². The molecule has 0 unspecified atom stereocenters. The zero-order valence-electron chi connectivity index (χ0n) is 22.6. The Bertz CT molecular complexity index is 1160. The summed E-state index contributed by atoms with van der Waals surface area (Å²) in [5, 5.41) is 13.5. The Morgan fingerprint density at radius 2 is 1.51 bits per heavy atom. The molecule has 3 rings (SSSR count). The number of aryl methyl sites for hydroxylation is 1. The van der Waals surface area contributed by atoms with Crippen LogP contribution >= 0.6 is 0 Å². The first-order chi connectivity index (χ1) is 18.7. The lowest BCUT2D eigenvalue weighted by atomic mass is 10.1.